The van der Waals surface area contributed by atoms with E-state index in [2.05, 4.69) is 0 Å². The van der Waals surface area contributed by atoms with Crippen LogP contribution in [0.15, 0.2) is 12.1 Å². The average molecular weight is 227 g/mol. The van der Waals surface area contributed by atoms with E-state index in [9.17, 15) is 9.59 Å². The highest BCUT2D eigenvalue weighted by Gasteiger charge is 2.16. The number of carbonyl (C=O) groups excluding carboxylic acids is 2. The van der Waals surface area contributed by atoms with Gasteiger partial charge in [-0.3, -0.25) is 9.59 Å². The van der Waals surface area contributed by atoms with E-state index in [4.69, 9.17) is 16.3 Å². The Morgan fingerprint density at radius 1 is 1.33 bits per heavy atom. The van der Waals surface area contributed by atoms with E-state index in [1.807, 2.05) is 0 Å². The zero-order chi connectivity index (χ0) is 11.6. The van der Waals surface area contributed by atoms with Crippen LogP contribution in [0.5, 0.6) is 5.75 Å². The Hall–Kier alpha value is -1.35. The van der Waals surface area contributed by atoms with Crippen molar-refractivity contribution in [3.05, 3.63) is 28.3 Å². The molecule has 0 saturated heterocycles. The fourth-order valence-corrected chi connectivity index (χ4v) is 1.49. The van der Waals surface area contributed by atoms with E-state index in [-0.39, 0.29) is 0 Å². The van der Waals surface area contributed by atoms with Crippen molar-refractivity contribution in [2.75, 3.05) is 7.11 Å². The van der Waals surface area contributed by atoms with Gasteiger partial charge in [-0.15, -0.1) is 0 Å². The first-order valence-electron chi connectivity index (χ1n) is 4.36. The maximum atomic E-state index is 11.5. The van der Waals surface area contributed by atoms with Crippen LogP contribution in [0.25, 0.3) is 0 Å². The average Bonchev–Trinajstić information content (AvgIpc) is 2.19. The van der Waals surface area contributed by atoms with Crippen LogP contribution in [0.1, 0.15) is 22.8 Å². The number of rotatable bonds is 3. The normalized spacial score (nSPS) is 9.87. The third-order valence-corrected chi connectivity index (χ3v) is 2.36. The van der Waals surface area contributed by atoms with E-state index in [1.165, 1.54) is 20.1 Å². The SMILES string of the molecule is COc1cc(C)c(C(=O)C(C)=O)cc1Cl. The van der Waals surface area contributed by atoms with Crippen molar-refractivity contribution in [2.45, 2.75) is 13.8 Å². The van der Waals surface area contributed by atoms with Crippen molar-refractivity contribution >= 4 is 23.2 Å². The molecule has 0 atom stereocenters. The maximum Gasteiger partial charge on any atom is 0.228 e. The van der Waals surface area contributed by atoms with E-state index in [0.717, 1.165) is 0 Å². The summed E-state index contributed by atoms with van der Waals surface area (Å²) in [6.45, 7) is 2.97. The van der Waals surface area contributed by atoms with Crippen molar-refractivity contribution in [3.8, 4) is 5.75 Å². The first kappa shape index (κ1) is 11.7. The Morgan fingerprint density at radius 3 is 2.40 bits per heavy atom. The molecule has 1 aromatic carbocycles. The second-order valence-electron chi connectivity index (χ2n) is 3.19. The van der Waals surface area contributed by atoms with Gasteiger partial charge in [0.2, 0.25) is 5.78 Å². The summed E-state index contributed by atoms with van der Waals surface area (Å²) in [6.07, 6.45) is 0. The third-order valence-electron chi connectivity index (χ3n) is 2.06. The minimum atomic E-state index is -0.531. The van der Waals surface area contributed by atoms with E-state index >= 15 is 0 Å². The Morgan fingerprint density at radius 2 is 1.93 bits per heavy atom. The number of aryl methyl sites for hydroxylation is 1. The number of ketones is 2. The minimum absolute atomic E-state index is 0.327. The molecule has 0 unspecified atom stereocenters. The summed E-state index contributed by atoms with van der Waals surface area (Å²) >= 11 is 5.86. The lowest BCUT2D eigenvalue weighted by molar-refractivity contribution is -0.113. The van der Waals surface area contributed by atoms with Gasteiger partial charge in [0.15, 0.2) is 5.78 Å². The monoisotopic (exact) mass is 226 g/mol. The first-order chi connectivity index (χ1) is 6.97. The highest BCUT2D eigenvalue weighted by atomic mass is 35.5. The number of carbonyl (C=O) groups is 2. The number of hydrogen-bond donors (Lipinski definition) is 0. The molecular weight excluding hydrogens is 216 g/mol. The summed E-state index contributed by atoms with van der Waals surface area (Å²) < 4.78 is 4.99. The smallest absolute Gasteiger partial charge is 0.228 e. The van der Waals surface area contributed by atoms with Crippen LogP contribution in [0.4, 0.5) is 0 Å². The van der Waals surface area contributed by atoms with Gasteiger partial charge in [0.05, 0.1) is 12.1 Å². The topological polar surface area (TPSA) is 43.4 Å². The van der Waals surface area contributed by atoms with Crippen LogP contribution in [0.2, 0.25) is 5.02 Å². The molecule has 4 heteroatoms. The van der Waals surface area contributed by atoms with Crippen LogP contribution in [-0.4, -0.2) is 18.7 Å². The van der Waals surface area contributed by atoms with Gasteiger partial charge in [0.25, 0.3) is 0 Å². The van der Waals surface area contributed by atoms with Crippen molar-refractivity contribution in [1.82, 2.24) is 0 Å². The van der Waals surface area contributed by atoms with Gasteiger partial charge in [-0.2, -0.15) is 0 Å². The van der Waals surface area contributed by atoms with Gasteiger partial charge < -0.3 is 4.74 Å². The highest BCUT2D eigenvalue weighted by Crippen LogP contribution is 2.28. The second kappa shape index (κ2) is 4.45. The summed E-state index contributed by atoms with van der Waals surface area (Å²) in [4.78, 5) is 22.4. The van der Waals surface area contributed by atoms with Crippen LogP contribution >= 0.6 is 11.6 Å². The zero-order valence-corrected chi connectivity index (χ0v) is 9.51. The van der Waals surface area contributed by atoms with Crippen molar-refractivity contribution in [1.29, 1.82) is 0 Å². The molecule has 0 aromatic heterocycles. The van der Waals surface area contributed by atoms with Gasteiger partial charge in [-0.25, -0.2) is 0 Å². The molecule has 0 spiro atoms. The molecule has 80 valence electrons. The minimum Gasteiger partial charge on any atom is -0.495 e. The second-order valence-corrected chi connectivity index (χ2v) is 3.59. The summed E-state index contributed by atoms with van der Waals surface area (Å²) in [5.74, 6) is -0.536. The van der Waals surface area contributed by atoms with Crippen LogP contribution in [0.3, 0.4) is 0 Å². The lowest BCUT2D eigenvalue weighted by Crippen LogP contribution is -2.11. The van der Waals surface area contributed by atoms with E-state index < -0.39 is 11.6 Å². The van der Waals surface area contributed by atoms with Crippen LogP contribution < -0.4 is 4.74 Å². The molecule has 0 N–H and O–H groups in total. The molecule has 0 amide bonds. The zero-order valence-electron chi connectivity index (χ0n) is 8.76. The van der Waals surface area contributed by atoms with Crippen LogP contribution in [-0.2, 0) is 4.79 Å². The molecular formula is C11H11ClO3. The number of benzene rings is 1. The summed E-state index contributed by atoms with van der Waals surface area (Å²) in [5.41, 5.74) is 1.00. The molecule has 1 aromatic rings. The third kappa shape index (κ3) is 2.36. The molecule has 15 heavy (non-hydrogen) atoms. The Balaban J connectivity index is 3.28. The van der Waals surface area contributed by atoms with Gasteiger partial charge >= 0.3 is 0 Å². The summed E-state index contributed by atoms with van der Waals surface area (Å²) in [6, 6.07) is 3.10. The van der Waals surface area contributed by atoms with Gasteiger partial charge in [-0.1, -0.05) is 11.6 Å². The van der Waals surface area contributed by atoms with Crippen molar-refractivity contribution < 1.29 is 14.3 Å². The lowest BCUT2D eigenvalue weighted by Gasteiger charge is -2.07. The predicted molar refractivity (Wildman–Crippen MR) is 57.8 cm³/mol. The van der Waals surface area contributed by atoms with Gasteiger partial charge in [0.1, 0.15) is 5.75 Å². The number of methoxy groups -OCH3 is 1. The maximum absolute atomic E-state index is 11.5. The molecule has 0 heterocycles. The molecule has 0 aliphatic heterocycles. The predicted octanol–water partition coefficient (Wildman–Crippen LogP) is 2.43. The molecule has 0 aliphatic carbocycles. The molecule has 3 nitrogen and oxygen atoms in total. The quantitative estimate of drug-likeness (QED) is 0.587. The molecule has 1 rings (SSSR count). The number of ether oxygens (including phenoxy) is 1. The van der Waals surface area contributed by atoms with Gasteiger partial charge in [0, 0.05) is 12.5 Å². The molecule has 0 radical (unpaired) electrons. The summed E-state index contributed by atoms with van der Waals surface area (Å²) in [7, 11) is 1.49. The van der Waals surface area contributed by atoms with E-state index in [0.29, 0.717) is 21.9 Å². The molecule has 0 aliphatic rings. The fourth-order valence-electron chi connectivity index (χ4n) is 1.25. The number of halogens is 1. The Kier molecular flexibility index (Phi) is 3.48. The Bertz CT molecular complexity index is 424. The molecule has 0 fully saturated rings. The number of Topliss-reactive ketones (excluding diaryl/α,β-unsaturated/α-hetero) is 2. The summed E-state index contributed by atoms with van der Waals surface area (Å²) in [5, 5.41) is 0.327. The van der Waals surface area contributed by atoms with Crippen LogP contribution in [0, 0.1) is 6.92 Å². The van der Waals surface area contributed by atoms with Crippen molar-refractivity contribution in [3.63, 3.8) is 0 Å². The molecule has 0 bridgehead atoms. The highest BCUT2D eigenvalue weighted by molar-refractivity contribution is 6.43. The largest absolute Gasteiger partial charge is 0.495 e. The van der Waals surface area contributed by atoms with Crippen molar-refractivity contribution in [2.24, 2.45) is 0 Å². The lowest BCUT2D eigenvalue weighted by atomic mass is 10.0. The number of hydrogen-bond acceptors (Lipinski definition) is 3. The first-order valence-corrected chi connectivity index (χ1v) is 4.74. The molecule has 0 saturated carbocycles. The standard InChI is InChI=1S/C11H11ClO3/c1-6-4-10(15-3)9(12)5-8(6)11(14)7(2)13/h4-5H,1-3H3. The van der Waals surface area contributed by atoms with Gasteiger partial charge in [-0.05, 0) is 24.6 Å². The Labute approximate surface area is 93.0 Å². The fraction of sp³-hybridized carbons (Fsp3) is 0.273. The van der Waals surface area contributed by atoms with E-state index in [1.54, 1.807) is 13.0 Å².